The van der Waals surface area contributed by atoms with Crippen molar-refractivity contribution in [3.63, 3.8) is 0 Å². The quantitative estimate of drug-likeness (QED) is 0.655. The maximum Gasteiger partial charge on any atom is 0.167 e. The lowest BCUT2D eigenvalue weighted by Crippen LogP contribution is -2.66. The van der Waals surface area contributed by atoms with Gasteiger partial charge in [-0.15, -0.1) is 0 Å². The van der Waals surface area contributed by atoms with Crippen LogP contribution >= 0.6 is 0 Å². The molecule has 2 aliphatic carbocycles. The standard InChI is InChI=1S/C15H24O5/c1-12(2)5-4-10(17)13(3,19)15(12)7-6-14(20,9-16)11(18)8-15/h16,19-20H,4-9H2,1-3H3/t13?,14?,15-/m1/s1. The summed E-state index contributed by atoms with van der Waals surface area (Å²) in [4.78, 5) is 24.4. The lowest BCUT2D eigenvalue weighted by atomic mass is 9.45. The van der Waals surface area contributed by atoms with Crippen LogP contribution in [-0.2, 0) is 9.59 Å². The first-order valence-electron chi connectivity index (χ1n) is 7.15. The number of hydrogen-bond acceptors (Lipinski definition) is 5. The van der Waals surface area contributed by atoms with E-state index in [0.717, 1.165) is 0 Å². The predicted molar refractivity (Wildman–Crippen MR) is 72.0 cm³/mol. The lowest BCUT2D eigenvalue weighted by molar-refractivity contribution is -0.204. The Morgan fingerprint density at radius 3 is 2.10 bits per heavy atom. The molecule has 3 N–H and O–H groups in total. The summed E-state index contributed by atoms with van der Waals surface area (Å²) in [6.07, 6.45) is 1.28. The van der Waals surface area contributed by atoms with Gasteiger partial charge in [-0.2, -0.15) is 0 Å². The zero-order valence-electron chi connectivity index (χ0n) is 12.4. The van der Waals surface area contributed by atoms with E-state index in [1.165, 1.54) is 6.92 Å². The third-order valence-corrected chi connectivity index (χ3v) is 5.96. The van der Waals surface area contributed by atoms with Gasteiger partial charge < -0.3 is 15.3 Å². The van der Waals surface area contributed by atoms with Gasteiger partial charge in [0, 0.05) is 18.3 Å². The maximum absolute atomic E-state index is 12.3. The van der Waals surface area contributed by atoms with Crippen LogP contribution in [0.25, 0.3) is 0 Å². The number of carbonyl (C=O) groups excluding carboxylic acids is 2. The molecule has 0 aromatic rings. The summed E-state index contributed by atoms with van der Waals surface area (Å²) in [6, 6.07) is 0. The van der Waals surface area contributed by atoms with Gasteiger partial charge in [-0.25, -0.2) is 0 Å². The van der Waals surface area contributed by atoms with Crippen molar-refractivity contribution in [2.75, 3.05) is 6.61 Å². The molecule has 0 amide bonds. The summed E-state index contributed by atoms with van der Waals surface area (Å²) in [5.41, 5.74) is -4.54. The third-order valence-electron chi connectivity index (χ3n) is 5.96. The Balaban J connectivity index is 2.47. The van der Waals surface area contributed by atoms with Crippen LogP contribution in [0.1, 0.15) is 52.9 Å². The Morgan fingerprint density at radius 2 is 1.60 bits per heavy atom. The average Bonchev–Trinajstić information content (AvgIpc) is 2.37. The van der Waals surface area contributed by atoms with E-state index in [1.807, 2.05) is 13.8 Å². The molecule has 2 saturated carbocycles. The van der Waals surface area contributed by atoms with Crippen molar-refractivity contribution in [3.8, 4) is 0 Å². The maximum atomic E-state index is 12.3. The molecule has 20 heavy (non-hydrogen) atoms. The highest BCUT2D eigenvalue weighted by atomic mass is 16.3. The van der Waals surface area contributed by atoms with E-state index < -0.39 is 29.0 Å². The highest BCUT2D eigenvalue weighted by molar-refractivity contribution is 5.93. The number of aliphatic hydroxyl groups is 3. The molecule has 0 aromatic carbocycles. The van der Waals surface area contributed by atoms with Crippen LogP contribution in [0.15, 0.2) is 0 Å². The normalized spacial score (nSPS) is 44.9. The fraction of sp³-hybridized carbons (Fsp3) is 0.867. The fourth-order valence-corrected chi connectivity index (χ4v) is 4.08. The molecule has 5 heteroatoms. The molecular weight excluding hydrogens is 260 g/mol. The van der Waals surface area contributed by atoms with Crippen LogP contribution in [0.2, 0.25) is 0 Å². The van der Waals surface area contributed by atoms with Crippen LogP contribution in [0.3, 0.4) is 0 Å². The highest BCUT2D eigenvalue weighted by Crippen LogP contribution is 2.61. The molecule has 2 unspecified atom stereocenters. The zero-order chi connectivity index (χ0) is 15.4. The largest absolute Gasteiger partial charge is 0.393 e. The van der Waals surface area contributed by atoms with E-state index in [2.05, 4.69) is 0 Å². The molecule has 114 valence electrons. The van der Waals surface area contributed by atoms with Crippen molar-refractivity contribution in [2.45, 2.75) is 64.1 Å². The zero-order valence-corrected chi connectivity index (χ0v) is 12.4. The van der Waals surface area contributed by atoms with Crippen LogP contribution in [0, 0.1) is 10.8 Å². The first-order valence-corrected chi connectivity index (χ1v) is 7.15. The van der Waals surface area contributed by atoms with E-state index in [1.54, 1.807) is 0 Å². The molecule has 0 bridgehead atoms. The van der Waals surface area contributed by atoms with Gasteiger partial charge in [-0.05, 0) is 31.6 Å². The Morgan fingerprint density at radius 1 is 1.00 bits per heavy atom. The molecule has 3 atom stereocenters. The molecule has 0 heterocycles. The number of rotatable bonds is 1. The van der Waals surface area contributed by atoms with E-state index in [4.69, 9.17) is 0 Å². The lowest BCUT2D eigenvalue weighted by Gasteiger charge is -2.60. The van der Waals surface area contributed by atoms with Crippen LogP contribution in [0.4, 0.5) is 0 Å². The van der Waals surface area contributed by atoms with E-state index >= 15 is 0 Å². The minimum Gasteiger partial charge on any atom is -0.393 e. The van der Waals surface area contributed by atoms with Crippen molar-refractivity contribution >= 4 is 11.6 Å². The van der Waals surface area contributed by atoms with E-state index in [-0.39, 0.29) is 24.0 Å². The van der Waals surface area contributed by atoms with E-state index in [9.17, 15) is 24.9 Å². The first kappa shape index (κ1) is 15.6. The Hall–Kier alpha value is -0.780. The monoisotopic (exact) mass is 284 g/mol. The van der Waals surface area contributed by atoms with Gasteiger partial charge in [0.1, 0.15) is 11.2 Å². The van der Waals surface area contributed by atoms with Gasteiger partial charge in [0.05, 0.1) is 6.61 Å². The smallest absolute Gasteiger partial charge is 0.167 e. The van der Waals surface area contributed by atoms with E-state index in [0.29, 0.717) is 19.3 Å². The summed E-state index contributed by atoms with van der Waals surface area (Å²) < 4.78 is 0. The summed E-state index contributed by atoms with van der Waals surface area (Å²) >= 11 is 0. The molecule has 0 radical (unpaired) electrons. The van der Waals surface area contributed by atoms with Gasteiger partial charge in [0.25, 0.3) is 0 Å². The molecule has 5 nitrogen and oxygen atoms in total. The van der Waals surface area contributed by atoms with Crippen molar-refractivity contribution in [3.05, 3.63) is 0 Å². The third kappa shape index (κ3) is 1.80. The second-order valence-electron chi connectivity index (χ2n) is 7.25. The molecule has 2 aliphatic rings. The Labute approximate surface area is 119 Å². The highest BCUT2D eigenvalue weighted by Gasteiger charge is 2.65. The Kier molecular flexibility index (Phi) is 3.40. The topological polar surface area (TPSA) is 94.8 Å². The summed E-state index contributed by atoms with van der Waals surface area (Å²) in [5, 5.41) is 30.1. The second kappa shape index (κ2) is 4.36. The SMILES string of the molecule is CC1(C)CCC(=O)C(C)(O)[C@@]12CCC(O)(CO)C(=O)C2. The predicted octanol–water partition coefficient (Wildman–Crippen LogP) is 0.589. The molecule has 0 aliphatic heterocycles. The van der Waals surface area contributed by atoms with Crippen LogP contribution < -0.4 is 0 Å². The van der Waals surface area contributed by atoms with Gasteiger partial charge in [0.15, 0.2) is 11.6 Å². The number of ketones is 2. The van der Waals surface area contributed by atoms with Gasteiger partial charge >= 0.3 is 0 Å². The second-order valence-corrected chi connectivity index (χ2v) is 7.25. The van der Waals surface area contributed by atoms with Crippen molar-refractivity contribution in [1.29, 1.82) is 0 Å². The summed E-state index contributed by atoms with van der Waals surface area (Å²) in [6.45, 7) is 4.81. The van der Waals surface area contributed by atoms with Crippen molar-refractivity contribution in [1.82, 2.24) is 0 Å². The molecule has 0 saturated heterocycles. The van der Waals surface area contributed by atoms with Gasteiger partial charge in [0.2, 0.25) is 0 Å². The molecule has 2 rings (SSSR count). The van der Waals surface area contributed by atoms with Gasteiger partial charge in [-0.1, -0.05) is 13.8 Å². The van der Waals surface area contributed by atoms with Crippen molar-refractivity contribution in [2.24, 2.45) is 10.8 Å². The molecule has 2 fully saturated rings. The number of Topliss-reactive ketones (excluding diaryl/α,β-unsaturated/α-hetero) is 2. The fourth-order valence-electron chi connectivity index (χ4n) is 4.08. The number of aliphatic hydroxyl groups excluding tert-OH is 1. The van der Waals surface area contributed by atoms with Crippen molar-refractivity contribution < 1.29 is 24.9 Å². The minimum atomic E-state index is -1.72. The Bertz CT molecular complexity index is 453. The first-order chi connectivity index (χ1) is 9.02. The molecular formula is C15H24O5. The minimum absolute atomic E-state index is 0.0736. The number of carbonyl (C=O) groups is 2. The van der Waals surface area contributed by atoms with Crippen LogP contribution in [-0.4, -0.2) is 44.7 Å². The summed E-state index contributed by atoms with van der Waals surface area (Å²) in [5.74, 6) is -0.714. The van der Waals surface area contributed by atoms with Gasteiger partial charge in [-0.3, -0.25) is 9.59 Å². The summed E-state index contributed by atoms with van der Waals surface area (Å²) in [7, 11) is 0. The number of hydrogen-bond donors (Lipinski definition) is 3. The average molecular weight is 284 g/mol. The molecule has 1 spiro atoms. The molecule has 0 aromatic heterocycles. The van der Waals surface area contributed by atoms with Crippen LogP contribution in [0.5, 0.6) is 0 Å².